The molecule has 3 aromatic rings. The molecule has 1 unspecified atom stereocenters. The molecule has 1 N–H and O–H groups in total. The molecule has 1 fully saturated rings. The third-order valence-electron chi connectivity index (χ3n) is 7.30. The first-order chi connectivity index (χ1) is 17.7. The van der Waals surface area contributed by atoms with Crippen molar-refractivity contribution < 1.29 is 22.4 Å². The Morgan fingerprint density at radius 1 is 1.05 bits per heavy atom. The van der Waals surface area contributed by atoms with Crippen molar-refractivity contribution in [1.29, 1.82) is 0 Å². The number of carbonyl (C=O) groups is 1. The fourth-order valence-electron chi connectivity index (χ4n) is 5.37. The largest absolute Gasteiger partial charge is 0.464 e. The van der Waals surface area contributed by atoms with E-state index >= 15 is 0 Å². The van der Waals surface area contributed by atoms with Crippen LogP contribution in [-0.2, 0) is 31.7 Å². The average molecular weight is 523 g/mol. The number of fused-ring (bicyclic) bond motifs is 1. The topological polar surface area (TPSA) is 88.9 Å². The van der Waals surface area contributed by atoms with E-state index in [4.69, 9.17) is 9.15 Å². The predicted octanol–water partition coefficient (Wildman–Crippen LogP) is 4.73. The van der Waals surface area contributed by atoms with Gasteiger partial charge in [0.2, 0.25) is 15.9 Å². The molecule has 37 heavy (non-hydrogen) atoms. The number of amides is 1. The molecule has 1 amide bonds. The lowest BCUT2D eigenvalue weighted by molar-refractivity contribution is -0.121. The fraction of sp³-hybridized carbons (Fsp3) is 0.414. The minimum absolute atomic E-state index is 0.0299. The van der Waals surface area contributed by atoms with E-state index in [2.05, 4.69) is 11.4 Å². The number of nitrogens with one attached hydrogen (secondary N) is 1. The van der Waals surface area contributed by atoms with E-state index in [1.807, 2.05) is 63.2 Å². The zero-order valence-corrected chi connectivity index (χ0v) is 22.4. The van der Waals surface area contributed by atoms with E-state index in [0.717, 1.165) is 52.1 Å². The second-order valence-electron chi connectivity index (χ2n) is 10.3. The Bertz CT molecular complexity index is 1410. The highest BCUT2D eigenvalue weighted by Crippen LogP contribution is 2.36. The molecule has 2 aromatic carbocycles. The Hall–Kier alpha value is -3.10. The summed E-state index contributed by atoms with van der Waals surface area (Å²) in [5, 5.41) is 3.15. The number of hydrogen-bond donors (Lipinski definition) is 1. The number of hydrogen-bond acceptors (Lipinski definition) is 5. The second-order valence-corrected chi connectivity index (χ2v) is 12.2. The van der Waals surface area contributed by atoms with Crippen LogP contribution in [0.5, 0.6) is 0 Å². The maximum atomic E-state index is 13.2. The molecule has 1 saturated heterocycles. The average Bonchev–Trinajstić information content (AvgIpc) is 3.38. The summed E-state index contributed by atoms with van der Waals surface area (Å²) in [4.78, 5) is 13.2. The molecule has 2 aliphatic rings. The van der Waals surface area contributed by atoms with Gasteiger partial charge < -0.3 is 14.5 Å². The molecule has 3 heterocycles. The summed E-state index contributed by atoms with van der Waals surface area (Å²) in [5.41, 5.74) is 5.49. The molecule has 0 spiro atoms. The molecule has 8 heteroatoms. The van der Waals surface area contributed by atoms with Crippen molar-refractivity contribution >= 4 is 21.6 Å². The van der Waals surface area contributed by atoms with Crippen molar-refractivity contribution in [2.75, 3.05) is 24.1 Å². The molecule has 0 bridgehead atoms. The van der Waals surface area contributed by atoms with Crippen LogP contribution in [0.4, 0.5) is 5.69 Å². The van der Waals surface area contributed by atoms with Gasteiger partial charge in [-0.05, 0) is 80.0 Å². The van der Waals surface area contributed by atoms with Crippen LogP contribution in [0.15, 0.2) is 52.9 Å². The molecule has 1 atom stereocenters. The fourth-order valence-corrected chi connectivity index (χ4v) is 7.06. The zero-order chi connectivity index (χ0) is 26.2. The number of rotatable bonds is 7. The van der Waals surface area contributed by atoms with Gasteiger partial charge in [0.05, 0.1) is 17.9 Å². The lowest BCUT2D eigenvalue weighted by Crippen LogP contribution is -2.34. The van der Waals surface area contributed by atoms with Crippen molar-refractivity contribution in [3.63, 3.8) is 0 Å². The number of benzene rings is 2. The SMILES string of the molecule is Cc1ccc(C(NC(=O)Cc2ccc3c(c2)CS(=O)(=O)N3CC2CCOCC2)c2ccc(C)o2)c(C)c1. The minimum atomic E-state index is -3.41. The summed E-state index contributed by atoms with van der Waals surface area (Å²) in [7, 11) is -3.41. The van der Waals surface area contributed by atoms with Gasteiger partial charge in [0.25, 0.3) is 0 Å². The van der Waals surface area contributed by atoms with Crippen molar-refractivity contribution in [3.8, 4) is 0 Å². The summed E-state index contributed by atoms with van der Waals surface area (Å²) in [6, 6.07) is 15.1. The maximum Gasteiger partial charge on any atom is 0.239 e. The van der Waals surface area contributed by atoms with Crippen LogP contribution in [0.2, 0.25) is 0 Å². The second kappa shape index (κ2) is 10.3. The van der Waals surface area contributed by atoms with Crippen molar-refractivity contribution in [2.24, 2.45) is 5.92 Å². The highest BCUT2D eigenvalue weighted by molar-refractivity contribution is 7.92. The highest BCUT2D eigenvalue weighted by Gasteiger charge is 2.35. The molecule has 2 aliphatic heterocycles. The van der Waals surface area contributed by atoms with Gasteiger partial charge >= 0.3 is 0 Å². The van der Waals surface area contributed by atoms with Crippen LogP contribution in [0.25, 0.3) is 0 Å². The van der Waals surface area contributed by atoms with Crippen LogP contribution < -0.4 is 9.62 Å². The summed E-state index contributed by atoms with van der Waals surface area (Å²) >= 11 is 0. The van der Waals surface area contributed by atoms with Crippen LogP contribution in [-0.4, -0.2) is 34.1 Å². The lowest BCUT2D eigenvalue weighted by Gasteiger charge is -2.27. The molecular weight excluding hydrogens is 488 g/mol. The van der Waals surface area contributed by atoms with Crippen LogP contribution in [0.1, 0.15) is 58.2 Å². The smallest absolute Gasteiger partial charge is 0.239 e. The van der Waals surface area contributed by atoms with Gasteiger partial charge in [-0.1, -0.05) is 35.9 Å². The number of carbonyl (C=O) groups excluding carboxylic acids is 1. The first-order valence-electron chi connectivity index (χ1n) is 12.8. The van der Waals surface area contributed by atoms with Gasteiger partial charge in [-0.2, -0.15) is 0 Å². The lowest BCUT2D eigenvalue weighted by atomic mass is 9.97. The van der Waals surface area contributed by atoms with E-state index in [1.54, 1.807) is 4.31 Å². The summed E-state index contributed by atoms with van der Waals surface area (Å²) in [6.45, 7) is 7.80. The standard InChI is InChI=1S/C29H34N2O5S/c1-19-4-7-25(20(2)14-19)29(27-9-5-21(3)36-27)30-28(32)16-23-6-8-26-24(15-23)18-37(33,34)31(26)17-22-10-12-35-13-11-22/h4-9,14-15,22,29H,10-13,16-18H2,1-3H3,(H,30,32). The Morgan fingerprint density at radius 2 is 1.84 bits per heavy atom. The van der Waals surface area contributed by atoms with Gasteiger partial charge in [-0.25, -0.2) is 8.42 Å². The van der Waals surface area contributed by atoms with Crippen LogP contribution in [0.3, 0.4) is 0 Å². The van der Waals surface area contributed by atoms with Gasteiger partial charge in [0.15, 0.2) is 0 Å². The van der Waals surface area contributed by atoms with Crippen LogP contribution >= 0.6 is 0 Å². The molecule has 196 valence electrons. The molecule has 1 aromatic heterocycles. The summed E-state index contributed by atoms with van der Waals surface area (Å²) < 4.78 is 38.8. The Balaban J connectivity index is 1.33. The Kier molecular flexibility index (Phi) is 7.14. The molecule has 0 aliphatic carbocycles. The van der Waals surface area contributed by atoms with E-state index in [9.17, 15) is 13.2 Å². The Morgan fingerprint density at radius 3 is 2.54 bits per heavy atom. The predicted molar refractivity (Wildman–Crippen MR) is 143 cm³/mol. The summed E-state index contributed by atoms with van der Waals surface area (Å²) in [6.07, 6.45) is 1.89. The number of ether oxygens (including phenoxy) is 1. The van der Waals surface area contributed by atoms with E-state index < -0.39 is 16.1 Å². The third-order valence-corrected chi connectivity index (χ3v) is 9.00. The van der Waals surface area contributed by atoms with Gasteiger partial charge in [-0.3, -0.25) is 9.10 Å². The van der Waals surface area contributed by atoms with Gasteiger partial charge in [-0.15, -0.1) is 0 Å². The zero-order valence-electron chi connectivity index (χ0n) is 21.6. The van der Waals surface area contributed by atoms with Crippen molar-refractivity contribution in [3.05, 3.63) is 87.9 Å². The quantitative estimate of drug-likeness (QED) is 0.485. The molecule has 0 radical (unpaired) electrons. The van der Waals surface area contributed by atoms with E-state index in [0.29, 0.717) is 31.4 Å². The van der Waals surface area contributed by atoms with Crippen molar-refractivity contribution in [1.82, 2.24) is 5.32 Å². The van der Waals surface area contributed by atoms with Gasteiger partial charge in [0, 0.05) is 19.8 Å². The number of aryl methyl sites for hydroxylation is 3. The molecular formula is C29H34N2O5S. The molecule has 0 saturated carbocycles. The third kappa shape index (κ3) is 5.60. The van der Waals surface area contributed by atoms with Crippen molar-refractivity contribution in [2.45, 2.75) is 51.8 Å². The van der Waals surface area contributed by atoms with E-state index in [-0.39, 0.29) is 18.1 Å². The minimum Gasteiger partial charge on any atom is -0.464 e. The van der Waals surface area contributed by atoms with Gasteiger partial charge in [0.1, 0.15) is 17.6 Å². The maximum absolute atomic E-state index is 13.2. The number of furan rings is 1. The Labute approximate surface area is 218 Å². The number of anilines is 1. The first-order valence-corrected chi connectivity index (χ1v) is 14.4. The number of nitrogens with zero attached hydrogens (tertiary/aromatic N) is 1. The first kappa shape index (κ1) is 25.5. The highest BCUT2D eigenvalue weighted by atomic mass is 32.2. The van der Waals surface area contributed by atoms with Crippen LogP contribution in [0, 0.1) is 26.7 Å². The molecule has 7 nitrogen and oxygen atoms in total. The summed E-state index contributed by atoms with van der Waals surface area (Å²) in [5.74, 6) is 1.58. The monoisotopic (exact) mass is 522 g/mol. The molecule has 5 rings (SSSR count). The van der Waals surface area contributed by atoms with E-state index in [1.165, 1.54) is 0 Å². The normalized spacial score (nSPS) is 18.0. The number of sulfonamides is 1.